The van der Waals surface area contributed by atoms with Gasteiger partial charge in [0.05, 0.1) is 24.7 Å². The Bertz CT molecular complexity index is 1070. The summed E-state index contributed by atoms with van der Waals surface area (Å²) in [5.74, 6) is 0.455. The standard InChI is InChI=1S/C24H29N5O5S/c1-2-34-20-6-3-18(4-7-20)23(30)25-24(35)28-11-9-26(10-12-28)19-5-8-21(29(31)32)22(17-19)27-13-15-33-16-14-27/h3-8,17H,2,9-16H2,1H3,(H,25,30,35). The number of benzene rings is 2. The highest BCUT2D eigenvalue weighted by Crippen LogP contribution is 2.33. The van der Waals surface area contributed by atoms with Crippen molar-refractivity contribution < 1.29 is 19.2 Å². The van der Waals surface area contributed by atoms with Gasteiger partial charge in [0, 0.05) is 56.6 Å². The fourth-order valence-corrected chi connectivity index (χ4v) is 4.48. The number of piperazine rings is 1. The first-order valence-corrected chi connectivity index (χ1v) is 12.1. The minimum atomic E-state index is -0.335. The smallest absolute Gasteiger partial charge is 0.292 e. The maximum Gasteiger partial charge on any atom is 0.292 e. The molecule has 0 spiro atoms. The molecule has 35 heavy (non-hydrogen) atoms. The second-order valence-electron chi connectivity index (χ2n) is 8.22. The van der Waals surface area contributed by atoms with Crippen molar-refractivity contribution in [2.24, 2.45) is 0 Å². The van der Waals surface area contributed by atoms with Crippen LogP contribution in [0.3, 0.4) is 0 Å². The number of nitro groups is 1. The first kappa shape index (κ1) is 24.7. The number of carbonyl (C=O) groups is 1. The van der Waals surface area contributed by atoms with Crippen LogP contribution in [-0.4, -0.2) is 79.9 Å². The molecule has 1 N–H and O–H groups in total. The summed E-state index contributed by atoms with van der Waals surface area (Å²) in [5, 5.41) is 14.8. The van der Waals surface area contributed by atoms with Crippen molar-refractivity contribution in [1.82, 2.24) is 10.2 Å². The molecule has 0 atom stereocenters. The maximum atomic E-state index is 12.6. The van der Waals surface area contributed by atoms with Crippen molar-refractivity contribution in [3.8, 4) is 5.75 Å². The highest BCUT2D eigenvalue weighted by atomic mass is 32.1. The number of nitro benzene ring substituents is 1. The van der Waals surface area contributed by atoms with E-state index in [4.69, 9.17) is 21.7 Å². The Morgan fingerprint density at radius 2 is 1.74 bits per heavy atom. The van der Waals surface area contributed by atoms with Crippen LogP contribution in [0.2, 0.25) is 0 Å². The third-order valence-electron chi connectivity index (χ3n) is 6.09. The lowest BCUT2D eigenvalue weighted by Crippen LogP contribution is -2.52. The minimum Gasteiger partial charge on any atom is -0.494 e. The quantitative estimate of drug-likeness (QED) is 0.365. The van der Waals surface area contributed by atoms with Crippen LogP contribution in [-0.2, 0) is 4.74 Å². The highest BCUT2D eigenvalue weighted by molar-refractivity contribution is 7.80. The van der Waals surface area contributed by atoms with Gasteiger partial charge >= 0.3 is 0 Å². The topological polar surface area (TPSA) is 100 Å². The Labute approximate surface area is 209 Å². The number of anilines is 2. The van der Waals surface area contributed by atoms with E-state index < -0.39 is 0 Å². The van der Waals surface area contributed by atoms with Gasteiger partial charge in [0.25, 0.3) is 11.6 Å². The van der Waals surface area contributed by atoms with Crippen LogP contribution in [0.1, 0.15) is 17.3 Å². The van der Waals surface area contributed by atoms with Crippen LogP contribution in [0.5, 0.6) is 5.75 Å². The molecular formula is C24H29N5O5S. The monoisotopic (exact) mass is 499 g/mol. The molecule has 2 aliphatic heterocycles. The molecule has 11 heteroatoms. The SMILES string of the molecule is CCOc1ccc(C(=O)NC(=S)N2CCN(c3ccc([N+](=O)[O-])c(N4CCOCC4)c3)CC2)cc1. The Morgan fingerprint density at radius 1 is 1.06 bits per heavy atom. The molecule has 0 aliphatic carbocycles. The van der Waals surface area contributed by atoms with Gasteiger partial charge in [-0.15, -0.1) is 0 Å². The van der Waals surface area contributed by atoms with E-state index in [-0.39, 0.29) is 16.5 Å². The summed E-state index contributed by atoms with van der Waals surface area (Å²) < 4.78 is 10.8. The van der Waals surface area contributed by atoms with Crippen LogP contribution in [0.25, 0.3) is 0 Å². The lowest BCUT2D eigenvalue weighted by atomic mass is 10.1. The summed E-state index contributed by atoms with van der Waals surface area (Å²) in [6, 6.07) is 12.2. The number of thiocarbonyl (C=S) groups is 1. The number of morpholine rings is 1. The number of amides is 1. The van der Waals surface area contributed by atoms with E-state index in [1.165, 1.54) is 0 Å². The van der Waals surface area contributed by atoms with Crippen molar-refractivity contribution >= 4 is 40.3 Å². The van der Waals surface area contributed by atoms with Crippen molar-refractivity contribution in [2.45, 2.75) is 6.92 Å². The molecule has 0 unspecified atom stereocenters. The number of hydrogen-bond acceptors (Lipinski definition) is 8. The largest absolute Gasteiger partial charge is 0.494 e. The van der Waals surface area contributed by atoms with Gasteiger partial charge in [-0.1, -0.05) is 0 Å². The van der Waals surface area contributed by atoms with Gasteiger partial charge in [0.2, 0.25) is 0 Å². The molecule has 2 aliphatic rings. The Balaban J connectivity index is 1.36. The predicted molar refractivity (Wildman–Crippen MR) is 138 cm³/mol. The Morgan fingerprint density at radius 3 is 2.37 bits per heavy atom. The van der Waals surface area contributed by atoms with Crippen molar-refractivity contribution in [1.29, 1.82) is 0 Å². The number of hydrogen-bond donors (Lipinski definition) is 1. The van der Waals surface area contributed by atoms with Gasteiger partial charge in [0.1, 0.15) is 11.4 Å². The second-order valence-corrected chi connectivity index (χ2v) is 8.61. The van der Waals surface area contributed by atoms with E-state index in [0.29, 0.717) is 81.2 Å². The van der Waals surface area contributed by atoms with E-state index in [1.54, 1.807) is 36.4 Å². The summed E-state index contributed by atoms with van der Waals surface area (Å²) in [4.78, 5) is 30.0. The molecule has 0 radical (unpaired) electrons. The molecule has 0 saturated carbocycles. The molecule has 2 aromatic carbocycles. The molecular weight excluding hydrogens is 470 g/mol. The maximum absolute atomic E-state index is 12.6. The number of nitrogens with one attached hydrogen (secondary N) is 1. The fourth-order valence-electron chi connectivity index (χ4n) is 4.21. The first-order valence-electron chi connectivity index (χ1n) is 11.7. The van der Waals surface area contributed by atoms with E-state index in [9.17, 15) is 14.9 Å². The molecule has 4 rings (SSSR count). The van der Waals surface area contributed by atoms with E-state index in [2.05, 4.69) is 10.2 Å². The van der Waals surface area contributed by atoms with Crippen LogP contribution in [0.15, 0.2) is 42.5 Å². The predicted octanol–water partition coefficient (Wildman–Crippen LogP) is 2.67. The average Bonchev–Trinajstić information content (AvgIpc) is 2.89. The zero-order chi connectivity index (χ0) is 24.8. The molecule has 10 nitrogen and oxygen atoms in total. The normalized spacial score (nSPS) is 16.1. The Kier molecular flexibility index (Phi) is 7.98. The molecule has 2 saturated heterocycles. The average molecular weight is 500 g/mol. The van der Waals surface area contributed by atoms with Gasteiger partial charge in [-0.3, -0.25) is 20.2 Å². The number of ether oxygens (including phenoxy) is 2. The second kappa shape index (κ2) is 11.3. The zero-order valence-electron chi connectivity index (χ0n) is 19.6. The molecule has 0 bridgehead atoms. The summed E-state index contributed by atoms with van der Waals surface area (Å²) in [6.45, 7) is 7.46. The Hall–Kier alpha value is -3.44. The van der Waals surface area contributed by atoms with Gasteiger partial charge < -0.3 is 24.2 Å². The van der Waals surface area contributed by atoms with E-state index >= 15 is 0 Å². The third kappa shape index (κ3) is 5.98. The van der Waals surface area contributed by atoms with Crippen LogP contribution in [0, 0.1) is 10.1 Å². The first-order chi connectivity index (χ1) is 17.0. The molecule has 0 aromatic heterocycles. The summed E-state index contributed by atoms with van der Waals surface area (Å²) in [5.41, 5.74) is 2.17. The molecule has 2 fully saturated rings. The minimum absolute atomic E-state index is 0.104. The molecule has 2 aromatic rings. The number of carbonyl (C=O) groups excluding carboxylic acids is 1. The van der Waals surface area contributed by atoms with Gasteiger partial charge in [-0.25, -0.2) is 0 Å². The molecule has 186 valence electrons. The lowest BCUT2D eigenvalue weighted by molar-refractivity contribution is -0.384. The van der Waals surface area contributed by atoms with Gasteiger partial charge in [-0.05, 0) is 55.5 Å². The van der Waals surface area contributed by atoms with Gasteiger partial charge in [-0.2, -0.15) is 0 Å². The van der Waals surface area contributed by atoms with Crippen molar-refractivity contribution in [3.63, 3.8) is 0 Å². The zero-order valence-corrected chi connectivity index (χ0v) is 20.5. The summed E-state index contributed by atoms with van der Waals surface area (Å²) in [7, 11) is 0. The van der Waals surface area contributed by atoms with Crippen LogP contribution in [0.4, 0.5) is 17.1 Å². The van der Waals surface area contributed by atoms with Crippen LogP contribution >= 0.6 is 12.2 Å². The van der Waals surface area contributed by atoms with Crippen molar-refractivity contribution in [3.05, 3.63) is 58.1 Å². The van der Waals surface area contributed by atoms with Crippen LogP contribution < -0.4 is 19.9 Å². The fraction of sp³-hybridized carbons (Fsp3) is 0.417. The highest BCUT2D eigenvalue weighted by Gasteiger charge is 2.25. The number of nitrogens with zero attached hydrogens (tertiary/aromatic N) is 4. The van der Waals surface area contributed by atoms with E-state index in [0.717, 1.165) is 5.69 Å². The molecule has 1 amide bonds. The van der Waals surface area contributed by atoms with Crippen molar-refractivity contribution in [2.75, 3.05) is 68.9 Å². The van der Waals surface area contributed by atoms with Gasteiger partial charge in [0.15, 0.2) is 5.11 Å². The number of rotatable bonds is 6. The molecule has 2 heterocycles. The summed E-state index contributed by atoms with van der Waals surface area (Å²) in [6.07, 6.45) is 0. The van der Waals surface area contributed by atoms with E-state index in [1.807, 2.05) is 22.8 Å². The summed E-state index contributed by atoms with van der Waals surface area (Å²) >= 11 is 5.48. The lowest BCUT2D eigenvalue weighted by Gasteiger charge is -2.37. The third-order valence-corrected chi connectivity index (χ3v) is 6.45.